The third kappa shape index (κ3) is 5.49. The van der Waals surface area contributed by atoms with Crippen LogP contribution in [0.25, 0.3) is 0 Å². The van der Waals surface area contributed by atoms with Crippen LogP contribution in [-0.4, -0.2) is 18.4 Å². The summed E-state index contributed by atoms with van der Waals surface area (Å²) in [5.41, 5.74) is 1.33. The molecule has 0 spiro atoms. The Labute approximate surface area is 199 Å². The SMILES string of the molecule is CCCCC1CCC(C(=O)Nc2ccc3c(c2)N(Cc2c(F)cccc2Cl)C(=O)CO3)CC1. The summed E-state index contributed by atoms with van der Waals surface area (Å²) in [5.74, 6) is 0.495. The Balaban J connectivity index is 1.47. The highest BCUT2D eigenvalue weighted by Gasteiger charge is 2.29. The van der Waals surface area contributed by atoms with E-state index in [9.17, 15) is 14.0 Å². The molecule has 1 aliphatic carbocycles. The molecule has 0 saturated heterocycles. The summed E-state index contributed by atoms with van der Waals surface area (Å²) in [5, 5.41) is 3.27. The fraction of sp³-hybridized carbons (Fsp3) is 0.462. The summed E-state index contributed by atoms with van der Waals surface area (Å²) >= 11 is 6.18. The minimum Gasteiger partial charge on any atom is -0.482 e. The Morgan fingerprint density at radius 1 is 1.21 bits per heavy atom. The van der Waals surface area contributed by atoms with E-state index in [0.717, 1.165) is 31.6 Å². The van der Waals surface area contributed by atoms with Crippen LogP contribution in [0.3, 0.4) is 0 Å². The van der Waals surface area contributed by atoms with E-state index >= 15 is 0 Å². The first kappa shape index (κ1) is 23.6. The number of carbonyl (C=O) groups excluding carboxylic acids is 2. The van der Waals surface area contributed by atoms with Crippen LogP contribution >= 0.6 is 11.6 Å². The van der Waals surface area contributed by atoms with Gasteiger partial charge in [0.25, 0.3) is 5.91 Å². The summed E-state index contributed by atoms with van der Waals surface area (Å²) in [6.07, 6.45) is 7.74. The Morgan fingerprint density at radius 2 is 2.00 bits per heavy atom. The number of benzene rings is 2. The van der Waals surface area contributed by atoms with Crippen molar-refractivity contribution in [3.8, 4) is 5.75 Å². The summed E-state index contributed by atoms with van der Waals surface area (Å²) in [4.78, 5) is 27.0. The second kappa shape index (κ2) is 10.6. The largest absolute Gasteiger partial charge is 0.482 e. The Morgan fingerprint density at radius 3 is 2.73 bits per heavy atom. The molecular formula is C26H30ClFN2O3. The molecule has 0 unspecified atom stereocenters. The average Bonchev–Trinajstić information content (AvgIpc) is 2.81. The molecule has 1 fully saturated rings. The number of unbranched alkanes of at least 4 members (excludes halogenated alkanes) is 1. The fourth-order valence-corrected chi connectivity index (χ4v) is 4.97. The summed E-state index contributed by atoms with van der Waals surface area (Å²) in [6.45, 7) is 2.06. The van der Waals surface area contributed by atoms with Crippen LogP contribution in [0.2, 0.25) is 5.02 Å². The van der Waals surface area contributed by atoms with Crippen molar-refractivity contribution in [1.82, 2.24) is 0 Å². The van der Waals surface area contributed by atoms with E-state index in [1.54, 1.807) is 24.3 Å². The third-order valence-corrected chi connectivity index (χ3v) is 7.08. The van der Waals surface area contributed by atoms with Crippen molar-refractivity contribution in [1.29, 1.82) is 0 Å². The number of nitrogens with one attached hydrogen (secondary N) is 1. The molecule has 2 aliphatic rings. The van der Waals surface area contributed by atoms with E-state index in [0.29, 0.717) is 17.1 Å². The zero-order valence-corrected chi connectivity index (χ0v) is 19.7. The normalized spacial score (nSPS) is 20.2. The monoisotopic (exact) mass is 472 g/mol. The van der Waals surface area contributed by atoms with Gasteiger partial charge in [-0.25, -0.2) is 4.39 Å². The Kier molecular flexibility index (Phi) is 7.53. The molecule has 1 N–H and O–H groups in total. The molecule has 4 rings (SSSR count). The topological polar surface area (TPSA) is 58.6 Å². The number of anilines is 2. The average molecular weight is 473 g/mol. The smallest absolute Gasteiger partial charge is 0.265 e. The van der Waals surface area contributed by atoms with Gasteiger partial charge in [0.05, 0.1) is 12.2 Å². The lowest BCUT2D eigenvalue weighted by Gasteiger charge is -2.31. The standard InChI is InChI=1S/C26H30ClFN2O3/c1-2-3-5-17-8-10-18(11-9-17)26(32)29-19-12-13-24-23(14-19)30(25(31)16-33-24)15-20-21(27)6-4-7-22(20)28/h4,6-7,12-14,17-18H,2-3,5,8-11,15-16H2,1H3,(H,29,32). The van der Waals surface area contributed by atoms with Gasteiger partial charge < -0.3 is 15.0 Å². The second-order valence-electron chi connectivity index (χ2n) is 9.00. The number of rotatable bonds is 7. The molecule has 5 nitrogen and oxygen atoms in total. The van der Waals surface area contributed by atoms with Crippen LogP contribution in [0.4, 0.5) is 15.8 Å². The van der Waals surface area contributed by atoms with E-state index < -0.39 is 5.82 Å². The van der Waals surface area contributed by atoms with E-state index in [4.69, 9.17) is 16.3 Å². The third-order valence-electron chi connectivity index (χ3n) is 6.73. The van der Waals surface area contributed by atoms with E-state index in [2.05, 4.69) is 12.2 Å². The first-order valence-electron chi connectivity index (χ1n) is 11.8. The minimum absolute atomic E-state index is 0.00474. The number of hydrogen-bond acceptors (Lipinski definition) is 3. The van der Waals surface area contributed by atoms with E-state index in [1.165, 1.54) is 36.3 Å². The molecule has 1 aliphatic heterocycles. The molecule has 7 heteroatoms. The maximum atomic E-state index is 14.4. The van der Waals surface area contributed by atoms with Crippen molar-refractivity contribution in [2.45, 2.75) is 58.4 Å². The first-order valence-corrected chi connectivity index (χ1v) is 12.1. The maximum absolute atomic E-state index is 14.4. The number of fused-ring (bicyclic) bond motifs is 1. The van der Waals surface area contributed by atoms with Gasteiger partial charge in [-0.15, -0.1) is 0 Å². The van der Waals surface area contributed by atoms with Crippen molar-refractivity contribution in [3.05, 3.63) is 52.8 Å². The van der Waals surface area contributed by atoms with Gasteiger partial charge >= 0.3 is 0 Å². The van der Waals surface area contributed by atoms with Crippen molar-refractivity contribution < 1.29 is 18.7 Å². The van der Waals surface area contributed by atoms with Crippen LogP contribution in [0.1, 0.15) is 57.4 Å². The van der Waals surface area contributed by atoms with Gasteiger partial charge in [0.15, 0.2) is 6.61 Å². The molecule has 0 bridgehead atoms. The van der Waals surface area contributed by atoms with Gasteiger partial charge in [-0.2, -0.15) is 0 Å². The minimum atomic E-state index is -0.470. The summed E-state index contributed by atoms with van der Waals surface area (Å²) in [6, 6.07) is 9.66. The molecule has 0 atom stereocenters. The number of halogens is 2. The molecule has 0 aromatic heterocycles. The quantitative estimate of drug-likeness (QED) is 0.511. The molecule has 1 saturated carbocycles. The van der Waals surface area contributed by atoms with Gasteiger partial charge in [-0.05, 0) is 61.9 Å². The highest BCUT2D eigenvalue weighted by molar-refractivity contribution is 6.31. The molecule has 33 heavy (non-hydrogen) atoms. The van der Waals surface area contributed by atoms with Crippen molar-refractivity contribution in [3.63, 3.8) is 0 Å². The van der Waals surface area contributed by atoms with Crippen LogP contribution in [0.5, 0.6) is 5.75 Å². The zero-order valence-electron chi connectivity index (χ0n) is 18.9. The van der Waals surface area contributed by atoms with Gasteiger partial charge in [-0.3, -0.25) is 9.59 Å². The van der Waals surface area contributed by atoms with Crippen LogP contribution in [0.15, 0.2) is 36.4 Å². The molecular weight excluding hydrogens is 443 g/mol. The summed E-state index contributed by atoms with van der Waals surface area (Å²) in [7, 11) is 0. The molecule has 2 aromatic carbocycles. The lowest BCUT2D eigenvalue weighted by atomic mass is 9.79. The van der Waals surface area contributed by atoms with Crippen molar-refractivity contribution in [2.75, 3.05) is 16.8 Å². The highest BCUT2D eigenvalue weighted by Crippen LogP contribution is 2.37. The predicted molar refractivity (Wildman–Crippen MR) is 128 cm³/mol. The number of carbonyl (C=O) groups is 2. The fourth-order valence-electron chi connectivity index (χ4n) is 4.75. The number of hydrogen-bond donors (Lipinski definition) is 1. The maximum Gasteiger partial charge on any atom is 0.265 e. The second-order valence-corrected chi connectivity index (χ2v) is 9.41. The number of nitrogens with zero attached hydrogens (tertiary/aromatic N) is 1. The number of ether oxygens (including phenoxy) is 1. The molecule has 176 valence electrons. The molecule has 0 radical (unpaired) electrons. The van der Waals surface area contributed by atoms with Gasteiger partial charge in [0.1, 0.15) is 11.6 Å². The van der Waals surface area contributed by atoms with Gasteiger partial charge in [-0.1, -0.05) is 43.9 Å². The molecule has 1 heterocycles. The highest BCUT2D eigenvalue weighted by atomic mass is 35.5. The Bertz CT molecular complexity index is 1000. The zero-order chi connectivity index (χ0) is 23.4. The predicted octanol–water partition coefficient (Wildman–Crippen LogP) is 6.34. The number of amides is 2. The van der Waals surface area contributed by atoms with Crippen molar-refractivity contribution in [2.24, 2.45) is 11.8 Å². The summed E-state index contributed by atoms with van der Waals surface area (Å²) < 4.78 is 19.9. The van der Waals surface area contributed by atoms with Crippen molar-refractivity contribution >= 4 is 34.8 Å². The van der Waals surface area contributed by atoms with E-state index in [1.807, 2.05) is 0 Å². The lowest BCUT2D eigenvalue weighted by molar-refractivity contribution is -0.121. The van der Waals surface area contributed by atoms with Gasteiger partial charge in [0, 0.05) is 22.2 Å². The first-order chi connectivity index (χ1) is 16.0. The van der Waals surface area contributed by atoms with E-state index in [-0.39, 0.29) is 41.5 Å². The Hall–Kier alpha value is -2.60. The van der Waals surface area contributed by atoms with Crippen LogP contribution < -0.4 is 15.0 Å². The van der Waals surface area contributed by atoms with Crippen LogP contribution in [0, 0.1) is 17.7 Å². The molecule has 2 aromatic rings. The molecule has 2 amide bonds. The van der Waals surface area contributed by atoms with Gasteiger partial charge in [0.2, 0.25) is 5.91 Å². The lowest BCUT2D eigenvalue weighted by Crippen LogP contribution is -2.38. The van der Waals surface area contributed by atoms with Crippen LogP contribution in [-0.2, 0) is 16.1 Å².